The lowest BCUT2D eigenvalue weighted by Gasteiger charge is -2.13. The van der Waals surface area contributed by atoms with Gasteiger partial charge in [0.25, 0.3) is 5.56 Å². The van der Waals surface area contributed by atoms with Gasteiger partial charge in [-0.1, -0.05) is 41.6 Å². The van der Waals surface area contributed by atoms with Crippen molar-refractivity contribution in [2.75, 3.05) is 6.61 Å². The van der Waals surface area contributed by atoms with Crippen LogP contribution in [0.1, 0.15) is 25.8 Å². The minimum absolute atomic E-state index is 0.163. The molecule has 3 rings (SSSR count). The highest BCUT2D eigenvalue weighted by Gasteiger charge is 2.14. The minimum Gasteiger partial charge on any atom is -0.379 e. The van der Waals surface area contributed by atoms with Crippen LogP contribution in [0.4, 0.5) is 0 Å². The monoisotopic (exact) mass is 404 g/mol. The van der Waals surface area contributed by atoms with Gasteiger partial charge < -0.3 is 4.74 Å². The van der Waals surface area contributed by atoms with Gasteiger partial charge in [0, 0.05) is 36.3 Å². The van der Waals surface area contributed by atoms with E-state index in [4.69, 9.17) is 16.3 Å². The maximum absolute atomic E-state index is 12.9. The van der Waals surface area contributed by atoms with Gasteiger partial charge in [-0.15, -0.1) is 0 Å². The number of ether oxygens (including phenoxy) is 1. The predicted molar refractivity (Wildman–Crippen MR) is 108 cm³/mol. The van der Waals surface area contributed by atoms with Gasteiger partial charge in [0.2, 0.25) is 0 Å². The first-order valence-electron chi connectivity index (χ1n) is 8.75. The average molecular weight is 405 g/mol. The molecule has 27 heavy (non-hydrogen) atoms. The fraction of sp³-hybridized carbons (Fsp3) is 0.368. The molecule has 2 aromatic heterocycles. The molecule has 0 aliphatic heterocycles. The summed E-state index contributed by atoms with van der Waals surface area (Å²) in [4.78, 5) is 25.8. The first-order chi connectivity index (χ1) is 13.1. The lowest BCUT2D eigenvalue weighted by molar-refractivity contribution is 0.0743. The summed E-state index contributed by atoms with van der Waals surface area (Å²) in [6, 6.07) is 7.66. The second-order valence-electron chi connectivity index (χ2n) is 6.23. The molecule has 0 bridgehead atoms. The van der Waals surface area contributed by atoms with Crippen molar-refractivity contribution < 1.29 is 4.74 Å². The Kier molecular flexibility index (Phi) is 6.82. The summed E-state index contributed by atoms with van der Waals surface area (Å²) in [5.74, 6) is 0.611. The predicted octanol–water partition coefficient (Wildman–Crippen LogP) is 3.95. The van der Waals surface area contributed by atoms with Crippen LogP contribution in [0.2, 0.25) is 5.02 Å². The zero-order valence-electron chi connectivity index (χ0n) is 15.3. The molecule has 142 valence electrons. The number of benzene rings is 1. The molecule has 0 aliphatic carbocycles. The van der Waals surface area contributed by atoms with Crippen LogP contribution < -0.4 is 5.56 Å². The molecule has 0 amide bonds. The average Bonchev–Trinajstić information content (AvgIpc) is 2.66. The molecule has 0 N–H and O–H groups in total. The Bertz CT molecular complexity index is 977. The topological polar surface area (TPSA) is 69.9 Å². The molecule has 0 saturated heterocycles. The first kappa shape index (κ1) is 19.8. The Morgan fingerprint density at radius 1 is 1.22 bits per heavy atom. The summed E-state index contributed by atoms with van der Waals surface area (Å²) in [6.45, 7) is 5.07. The second-order valence-corrected chi connectivity index (χ2v) is 7.58. The van der Waals surface area contributed by atoms with Gasteiger partial charge in [0.1, 0.15) is 0 Å². The lowest BCUT2D eigenvalue weighted by atomic mass is 10.2. The largest absolute Gasteiger partial charge is 0.379 e. The lowest BCUT2D eigenvalue weighted by Crippen LogP contribution is -2.25. The van der Waals surface area contributed by atoms with Gasteiger partial charge in [-0.25, -0.2) is 15.0 Å². The highest BCUT2D eigenvalue weighted by atomic mass is 35.5. The summed E-state index contributed by atoms with van der Waals surface area (Å²) in [6.07, 6.45) is 3.92. The second kappa shape index (κ2) is 9.30. The molecule has 0 aliphatic rings. The van der Waals surface area contributed by atoms with Crippen molar-refractivity contribution in [3.05, 3.63) is 57.6 Å². The SMILES string of the molecule is CC(C)OCCCn1c(SCc2ccccc2Cl)nc2nccnc2c1=O. The van der Waals surface area contributed by atoms with E-state index in [1.807, 2.05) is 38.1 Å². The van der Waals surface area contributed by atoms with Crippen LogP contribution in [0.15, 0.2) is 46.6 Å². The first-order valence-corrected chi connectivity index (χ1v) is 10.1. The number of hydrogen-bond acceptors (Lipinski definition) is 6. The van der Waals surface area contributed by atoms with Crippen molar-refractivity contribution >= 4 is 34.5 Å². The summed E-state index contributed by atoms with van der Waals surface area (Å²) in [5, 5.41) is 1.31. The van der Waals surface area contributed by atoms with Crippen molar-refractivity contribution in [1.29, 1.82) is 0 Å². The Morgan fingerprint density at radius 2 is 2.00 bits per heavy atom. The van der Waals surface area contributed by atoms with Gasteiger partial charge in [0.05, 0.1) is 6.10 Å². The van der Waals surface area contributed by atoms with E-state index in [2.05, 4.69) is 15.0 Å². The number of rotatable bonds is 8. The smallest absolute Gasteiger partial charge is 0.282 e. The van der Waals surface area contributed by atoms with Crippen molar-refractivity contribution in [3.8, 4) is 0 Å². The van der Waals surface area contributed by atoms with Crippen molar-refractivity contribution in [2.45, 2.75) is 43.8 Å². The van der Waals surface area contributed by atoms with Crippen molar-refractivity contribution in [1.82, 2.24) is 19.5 Å². The van der Waals surface area contributed by atoms with Crippen LogP contribution in [0, 0.1) is 0 Å². The van der Waals surface area contributed by atoms with Crippen LogP contribution in [0.25, 0.3) is 11.2 Å². The molecule has 0 fully saturated rings. The quantitative estimate of drug-likeness (QED) is 0.321. The zero-order chi connectivity index (χ0) is 19.2. The number of hydrogen-bond donors (Lipinski definition) is 0. The van der Waals surface area contributed by atoms with E-state index >= 15 is 0 Å². The van der Waals surface area contributed by atoms with E-state index in [9.17, 15) is 4.79 Å². The standard InChI is InChI=1S/C19H21ClN4O2S/c1-13(2)26-11-5-10-24-18(25)16-17(22-9-8-21-16)23-19(24)27-12-14-6-3-4-7-15(14)20/h3-4,6-9,13H,5,10-12H2,1-2H3. The molecule has 0 radical (unpaired) electrons. The third kappa shape index (κ3) is 5.06. The molecule has 0 saturated carbocycles. The normalized spacial score (nSPS) is 11.4. The number of aromatic nitrogens is 4. The summed E-state index contributed by atoms with van der Waals surface area (Å²) in [5.41, 5.74) is 1.45. The Balaban J connectivity index is 1.87. The summed E-state index contributed by atoms with van der Waals surface area (Å²) < 4.78 is 7.24. The Labute approximate surface area is 167 Å². The molecule has 6 nitrogen and oxygen atoms in total. The third-order valence-electron chi connectivity index (χ3n) is 3.85. The molecule has 8 heteroatoms. The maximum atomic E-state index is 12.9. The van der Waals surface area contributed by atoms with E-state index in [-0.39, 0.29) is 17.2 Å². The fourth-order valence-corrected chi connectivity index (χ4v) is 3.84. The maximum Gasteiger partial charge on any atom is 0.282 e. The molecule has 2 heterocycles. The molecule has 0 atom stereocenters. The van der Waals surface area contributed by atoms with Crippen LogP contribution >= 0.6 is 23.4 Å². The van der Waals surface area contributed by atoms with Crippen LogP contribution in [-0.2, 0) is 17.0 Å². The minimum atomic E-state index is -0.181. The van der Waals surface area contributed by atoms with E-state index in [0.29, 0.717) is 41.2 Å². The molecule has 0 unspecified atom stereocenters. The highest BCUT2D eigenvalue weighted by Crippen LogP contribution is 2.25. The Hall–Kier alpha value is -1.96. The third-order valence-corrected chi connectivity index (χ3v) is 5.24. The number of fused-ring (bicyclic) bond motifs is 1. The fourth-order valence-electron chi connectivity index (χ4n) is 2.54. The van der Waals surface area contributed by atoms with Gasteiger partial charge in [-0.2, -0.15) is 0 Å². The Morgan fingerprint density at radius 3 is 2.78 bits per heavy atom. The van der Waals surface area contributed by atoms with Crippen LogP contribution in [-0.4, -0.2) is 32.2 Å². The van der Waals surface area contributed by atoms with Gasteiger partial charge in [-0.05, 0) is 31.9 Å². The highest BCUT2D eigenvalue weighted by molar-refractivity contribution is 7.98. The van der Waals surface area contributed by atoms with E-state index in [1.54, 1.807) is 4.57 Å². The summed E-state index contributed by atoms with van der Waals surface area (Å²) in [7, 11) is 0. The molecular weight excluding hydrogens is 384 g/mol. The van der Waals surface area contributed by atoms with Crippen LogP contribution in [0.3, 0.4) is 0 Å². The van der Waals surface area contributed by atoms with Crippen LogP contribution in [0.5, 0.6) is 0 Å². The zero-order valence-corrected chi connectivity index (χ0v) is 16.8. The van der Waals surface area contributed by atoms with E-state index in [1.165, 1.54) is 24.2 Å². The summed E-state index contributed by atoms with van der Waals surface area (Å²) >= 11 is 7.71. The van der Waals surface area contributed by atoms with Crippen molar-refractivity contribution in [2.24, 2.45) is 0 Å². The molecular formula is C19H21ClN4O2S. The number of thioether (sulfide) groups is 1. The number of nitrogens with zero attached hydrogens (tertiary/aromatic N) is 4. The molecule has 0 spiro atoms. The number of halogens is 1. The van der Waals surface area contributed by atoms with E-state index in [0.717, 1.165) is 5.56 Å². The van der Waals surface area contributed by atoms with Gasteiger partial charge >= 0.3 is 0 Å². The van der Waals surface area contributed by atoms with Crippen molar-refractivity contribution in [3.63, 3.8) is 0 Å². The molecule has 1 aromatic carbocycles. The van der Waals surface area contributed by atoms with Gasteiger partial charge in [-0.3, -0.25) is 9.36 Å². The molecule has 3 aromatic rings. The van der Waals surface area contributed by atoms with E-state index < -0.39 is 0 Å². The van der Waals surface area contributed by atoms with Gasteiger partial charge in [0.15, 0.2) is 16.3 Å².